The van der Waals surface area contributed by atoms with Gasteiger partial charge in [0.15, 0.2) is 0 Å². The quantitative estimate of drug-likeness (QED) is 0.485. The van der Waals surface area contributed by atoms with Gasteiger partial charge in [0.25, 0.3) is 0 Å². The predicted molar refractivity (Wildman–Crippen MR) is 61.2 cm³/mol. The SMILES string of the molecule is C.[B]CNCCCC[C@H](C)C(C)=O.[HH]. The van der Waals surface area contributed by atoms with E-state index in [1.807, 2.05) is 6.92 Å². The van der Waals surface area contributed by atoms with Crippen molar-refractivity contribution in [2.75, 3.05) is 13.0 Å². The molecule has 0 aliphatic carbocycles. The van der Waals surface area contributed by atoms with Crippen molar-refractivity contribution in [1.29, 1.82) is 0 Å². The fourth-order valence-electron chi connectivity index (χ4n) is 1.01. The van der Waals surface area contributed by atoms with Crippen LogP contribution in [0, 0.1) is 5.92 Å². The number of carbonyl (C=O) groups excluding carboxylic acids is 1. The van der Waals surface area contributed by atoms with Crippen LogP contribution in [0.25, 0.3) is 0 Å². The molecule has 3 heteroatoms. The summed E-state index contributed by atoms with van der Waals surface area (Å²) in [6, 6.07) is 0. The van der Waals surface area contributed by atoms with Crippen LogP contribution in [0.15, 0.2) is 0 Å². The summed E-state index contributed by atoms with van der Waals surface area (Å²) in [6.45, 7) is 4.60. The number of carbonyl (C=O) groups is 1. The molecule has 0 bridgehead atoms. The molecular formula is C10H24BNO. The molecule has 0 rings (SSSR count). The normalized spacial score (nSPS) is 11.8. The number of Topliss-reactive ketones (excluding diaryl/α,β-unsaturated/α-hetero) is 1. The highest BCUT2D eigenvalue weighted by Gasteiger charge is 2.05. The van der Waals surface area contributed by atoms with Crippen LogP contribution in [0.3, 0.4) is 0 Å². The van der Waals surface area contributed by atoms with E-state index >= 15 is 0 Å². The van der Waals surface area contributed by atoms with Crippen LogP contribution in [0.1, 0.15) is 42.0 Å². The molecule has 0 amide bonds. The predicted octanol–water partition coefficient (Wildman–Crippen LogP) is 1.98. The maximum Gasteiger partial charge on any atom is 0.132 e. The van der Waals surface area contributed by atoms with Gasteiger partial charge in [-0.2, -0.15) is 0 Å². The van der Waals surface area contributed by atoms with Crippen molar-refractivity contribution < 1.29 is 6.22 Å². The van der Waals surface area contributed by atoms with Crippen LogP contribution in [-0.4, -0.2) is 26.6 Å². The first-order valence-corrected chi connectivity index (χ1v) is 4.59. The topological polar surface area (TPSA) is 29.1 Å². The average Bonchev–Trinajstić information content (AvgIpc) is 2.03. The van der Waals surface area contributed by atoms with E-state index in [0.717, 1.165) is 25.8 Å². The second-order valence-corrected chi connectivity index (χ2v) is 3.21. The number of ketones is 1. The molecular weight excluding hydrogens is 161 g/mol. The number of hydrogen-bond acceptors (Lipinski definition) is 2. The highest BCUT2D eigenvalue weighted by atomic mass is 16.1. The minimum Gasteiger partial charge on any atom is -0.325 e. The van der Waals surface area contributed by atoms with Crippen molar-refractivity contribution in [3.05, 3.63) is 0 Å². The lowest BCUT2D eigenvalue weighted by atomic mass is 10.0. The first-order chi connectivity index (χ1) is 5.68. The van der Waals surface area contributed by atoms with Crippen molar-refractivity contribution in [2.45, 2.75) is 40.5 Å². The van der Waals surface area contributed by atoms with Crippen molar-refractivity contribution in [3.8, 4) is 0 Å². The van der Waals surface area contributed by atoms with E-state index in [-0.39, 0.29) is 14.8 Å². The van der Waals surface area contributed by atoms with E-state index < -0.39 is 0 Å². The van der Waals surface area contributed by atoms with Crippen LogP contribution in [0.5, 0.6) is 0 Å². The third-order valence-electron chi connectivity index (χ3n) is 2.08. The van der Waals surface area contributed by atoms with Crippen molar-refractivity contribution in [2.24, 2.45) is 5.92 Å². The van der Waals surface area contributed by atoms with Gasteiger partial charge in [-0.05, 0) is 32.8 Å². The second-order valence-electron chi connectivity index (χ2n) is 3.21. The zero-order chi connectivity index (χ0) is 9.40. The van der Waals surface area contributed by atoms with Gasteiger partial charge in [-0.1, -0.05) is 20.8 Å². The molecule has 78 valence electrons. The Morgan fingerprint density at radius 1 is 1.54 bits per heavy atom. The van der Waals surface area contributed by atoms with Crippen LogP contribution < -0.4 is 5.32 Å². The summed E-state index contributed by atoms with van der Waals surface area (Å²) in [5.41, 5.74) is 0. The van der Waals surface area contributed by atoms with Gasteiger partial charge in [-0.25, -0.2) is 0 Å². The molecule has 0 aromatic heterocycles. The molecule has 0 fully saturated rings. The van der Waals surface area contributed by atoms with E-state index in [2.05, 4.69) is 5.32 Å². The first-order valence-electron chi connectivity index (χ1n) is 4.59. The molecule has 0 spiro atoms. The Labute approximate surface area is 85.4 Å². The Bertz CT molecular complexity index is 133. The number of nitrogens with one attached hydrogen (secondary N) is 1. The van der Waals surface area contributed by atoms with Crippen LogP contribution >= 0.6 is 0 Å². The van der Waals surface area contributed by atoms with Gasteiger partial charge in [0.1, 0.15) is 5.78 Å². The lowest BCUT2D eigenvalue weighted by molar-refractivity contribution is -0.120. The maximum atomic E-state index is 10.8. The number of unbranched alkanes of at least 4 members (excludes halogenated alkanes) is 1. The smallest absolute Gasteiger partial charge is 0.132 e. The third kappa shape index (κ3) is 9.61. The van der Waals surface area contributed by atoms with Gasteiger partial charge >= 0.3 is 0 Å². The Morgan fingerprint density at radius 3 is 2.62 bits per heavy atom. The van der Waals surface area contributed by atoms with Crippen LogP contribution in [-0.2, 0) is 4.79 Å². The highest BCUT2D eigenvalue weighted by Crippen LogP contribution is 2.07. The summed E-state index contributed by atoms with van der Waals surface area (Å²) in [5, 5.41) is 3.04. The van der Waals surface area contributed by atoms with Gasteiger partial charge in [0.05, 0.1) is 7.85 Å². The first kappa shape index (κ1) is 15.2. The summed E-state index contributed by atoms with van der Waals surface area (Å²) in [4.78, 5) is 10.8. The van der Waals surface area contributed by atoms with Crippen LogP contribution in [0.2, 0.25) is 0 Å². The lowest BCUT2D eigenvalue weighted by Crippen LogP contribution is -2.16. The molecule has 0 aliphatic rings. The van der Waals surface area contributed by atoms with Gasteiger partial charge in [-0.15, -0.1) is 0 Å². The maximum absolute atomic E-state index is 10.8. The van der Waals surface area contributed by atoms with Gasteiger partial charge in [0, 0.05) is 7.34 Å². The second kappa shape index (κ2) is 9.78. The molecule has 0 saturated heterocycles. The van der Waals surface area contributed by atoms with E-state index in [9.17, 15) is 4.79 Å². The molecule has 0 aromatic carbocycles. The van der Waals surface area contributed by atoms with Gasteiger partial charge in [-0.3, -0.25) is 4.79 Å². The summed E-state index contributed by atoms with van der Waals surface area (Å²) in [7, 11) is 5.25. The van der Waals surface area contributed by atoms with Crippen molar-refractivity contribution >= 4 is 13.6 Å². The molecule has 0 aromatic rings. The van der Waals surface area contributed by atoms with Crippen LogP contribution in [0.4, 0.5) is 0 Å². The van der Waals surface area contributed by atoms with Crippen molar-refractivity contribution in [3.63, 3.8) is 0 Å². The molecule has 0 unspecified atom stereocenters. The zero-order valence-corrected chi connectivity index (χ0v) is 8.10. The number of rotatable bonds is 7. The standard InChI is InChI=1S/C9H18BNO.CH4.H2/c1-8(9(2)12)5-3-4-6-11-7-10;;/h8,11H,3-7H2,1-2H3;1H4;1H/t8-;;/m0../s1. The monoisotopic (exact) mass is 185 g/mol. The Kier molecular flexibility index (Phi) is 11.4. The minimum atomic E-state index is 0. The van der Waals surface area contributed by atoms with Gasteiger partial charge in [0.2, 0.25) is 0 Å². The Hall–Kier alpha value is -0.305. The average molecular weight is 185 g/mol. The molecule has 2 nitrogen and oxygen atoms in total. The van der Waals surface area contributed by atoms with E-state index in [1.165, 1.54) is 0 Å². The summed E-state index contributed by atoms with van der Waals surface area (Å²) < 4.78 is 0. The third-order valence-corrected chi connectivity index (χ3v) is 2.08. The zero-order valence-electron chi connectivity index (χ0n) is 8.10. The fourth-order valence-corrected chi connectivity index (χ4v) is 1.01. The molecule has 1 atom stereocenters. The van der Waals surface area contributed by atoms with Gasteiger partial charge < -0.3 is 5.32 Å². The molecule has 0 saturated carbocycles. The molecule has 2 radical (unpaired) electrons. The summed E-state index contributed by atoms with van der Waals surface area (Å²) in [5.74, 6) is 0.518. The van der Waals surface area contributed by atoms with E-state index in [4.69, 9.17) is 7.85 Å². The molecule has 0 aliphatic heterocycles. The fraction of sp³-hybridized carbons (Fsp3) is 0.900. The molecule has 0 heterocycles. The summed E-state index contributed by atoms with van der Waals surface area (Å²) >= 11 is 0. The molecule has 13 heavy (non-hydrogen) atoms. The minimum absolute atomic E-state index is 0. The summed E-state index contributed by atoms with van der Waals surface area (Å²) in [6.07, 6.45) is 3.76. The largest absolute Gasteiger partial charge is 0.325 e. The number of hydrogen-bond donors (Lipinski definition) is 1. The lowest BCUT2D eigenvalue weighted by Gasteiger charge is -2.06. The van der Waals surface area contributed by atoms with E-state index in [0.29, 0.717) is 12.2 Å². The van der Waals surface area contributed by atoms with Crippen molar-refractivity contribution in [1.82, 2.24) is 5.32 Å². The molecule has 1 N–H and O–H groups in total. The highest BCUT2D eigenvalue weighted by molar-refractivity contribution is 6.08. The Morgan fingerprint density at radius 2 is 2.15 bits per heavy atom. The Balaban J connectivity index is -0.000000605. The van der Waals surface area contributed by atoms with E-state index in [1.54, 1.807) is 6.92 Å².